The molecule has 1 N–H and O–H groups in total. The van der Waals surface area contributed by atoms with E-state index in [1.165, 1.54) is 13.7 Å². The molecule has 34 heavy (non-hydrogen) atoms. The second-order valence-corrected chi connectivity index (χ2v) is 69.1. The molecule has 0 saturated carbocycles. The van der Waals surface area contributed by atoms with Crippen LogP contribution >= 0.6 is 0 Å². The lowest BCUT2D eigenvalue weighted by Gasteiger charge is -2.17. The van der Waals surface area contributed by atoms with Gasteiger partial charge in [-0.15, -0.1) is 0 Å². The van der Waals surface area contributed by atoms with Crippen LogP contribution in [0.1, 0.15) is 6.42 Å². The van der Waals surface area contributed by atoms with Crippen molar-refractivity contribution in [2.75, 3.05) is 7.11 Å². The molecule has 0 aliphatic heterocycles. The Balaban J connectivity index is 5.04. The fraction of sp³-hybridized carbons (Fsp3) is 1.00. The third kappa shape index (κ3) is 11.4. The third-order valence-electron chi connectivity index (χ3n) is 4.05. The lowest BCUT2D eigenvalue weighted by molar-refractivity contribution is -0.131. The zero-order valence-corrected chi connectivity index (χ0v) is 32.0. The summed E-state index contributed by atoms with van der Waals surface area (Å²) in [4.78, 5) is 10.1. The zero-order valence-electron chi connectivity index (χ0n) is 18.0. The third-order valence-corrected chi connectivity index (χ3v) is 95.0. The van der Waals surface area contributed by atoms with Crippen LogP contribution in [0, 0.1) is 0 Å². The van der Waals surface area contributed by atoms with Crippen LogP contribution in [-0.2, 0) is 48.7 Å². The molecule has 0 fully saturated rings. The second kappa shape index (κ2) is 15.2. The van der Waals surface area contributed by atoms with Crippen LogP contribution in [0.3, 0.4) is 0 Å². The van der Waals surface area contributed by atoms with E-state index >= 15 is 0 Å². The minimum absolute atomic E-state index is 0.797. The van der Waals surface area contributed by atoms with Crippen LogP contribution in [0.2, 0.25) is 19.1 Å². The van der Waals surface area contributed by atoms with Crippen molar-refractivity contribution in [2.24, 2.45) is 0 Å². The highest BCUT2D eigenvalue weighted by Crippen LogP contribution is 2.25. The predicted molar refractivity (Wildman–Crippen MR) is 125 cm³/mol. The molecule has 0 heterocycles. The lowest BCUT2D eigenvalue weighted by atomic mass is 10.5. The molecule has 2 atom stereocenters. The minimum Gasteiger partial charge on any atom is -0.457 e. The molecule has 0 aliphatic carbocycles. The van der Waals surface area contributed by atoms with E-state index in [9.17, 15) is 58.1 Å². The lowest BCUT2D eigenvalue weighted by Crippen LogP contribution is -2.54. The Morgan fingerprint density at radius 3 is 1.79 bits per heavy atom. The van der Waals surface area contributed by atoms with E-state index in [2.05, 4.69) is 4.43 Å². The van der Waals surface area contributed by atoms with Crippen molar-refractivity contribution in [1.82, 2.24) is 0 Å². The number of hydrogen-bond acceptors (Lipinski definition) is 12. The van der Waals surface area contributed by atoms with Gasteiger partial charge in [-0.05, 0) is 19.1 Å². The minimum atomic E-state index is -4.59. The first kappa shape index (κ1) is 34.7. The number of alkyl halides is 3. The monoisotopic (exact) mass is 704 g/mol. The van der Waals surface area contributed by atoms with Crippen molar-refractivity contribution in [1.29, 1.82) is 0 Å². The Bertz CT molecular complexity index is 946. The first-order valence-electron chi connectivity index (χ1n) is 9.13. The quantitative estimate of drug-likeness (QED) is 0.151. The Labute approximate surface area is 209 Å². The predicted octanol–water partition coefficient (Wildman–Crippen LogP) is -4.81. The van der Waals surface area contributed by atoms with Crippen molar-refractivity contribution in [3.8, 4) is 0 Å². The SMILES string of the molecule is CO[SiH2][Si](=O)[Si](=O)[Si](=O)[Si](=O)[Si](=O)[Si](=O)[Si](=O)[SiH](C)O[SiH2][Si](=O)[Si](=O)[Si](C)(O)CCC(F)(F)F. The van der Waals surface area contributed by atoms with Gasteiger partial charge in [-0.1, -0.05) is 0 Å². The maximum atomic E-state index is 12.4. The van der Waals surface area contributed by atoms with Gasteiger partial charge in [0.2, 0.25) is 35.0 Å². The summed E-state index contributed by atoms with van der Waals surface area (Å²) in [6.07, 6.45) is -5.97. The molecule has 0 bridgehead atoms. The molecule has 0 radical (unpaired) electrons. The molecule has 0 aliphatic rings. The molecule has 0 saturated heterocycles. The van der Waals surface area contributed by atoms with Gasteiger partial charge in [0.1, 0.15) is 0 Å². The van der Waals surface area contributed by atoms with E-state index in [0.29, 0.717) is 0 Å². The Morgan fingerprint density at radius 1 is 0.853 bits per heavy atom. The maximum Gasteiger partial charge on any atom is 0.388 e. The summed E-state index contributed by atoms with van der Waals surface area (Å²) in [5, 5.41) is 0. The van der Waals surface area contributed by atoms with Crippen LogP contribution in [0.25, 0.3) is 0 Å². The van der Waals surface area contributed by atoms with Gasteiger partial charge in [0.05, 0.1) is 0 Å². The molecule has 12 nitrogen and oxygen atoms in total. The van der Waals surface area contributed by atoms with Crippen molar-refractivity contribution in [2.45, 2.75) is 31.7 Å². The van der Waals surface area contributed by atoms with E-state index in [0.717, 1.165) is 6.55 Å². The first-order chi connectivity index (χ1) is 15.4. The van der Waals surface area contributed by atoms with E-state index in [1.807, 2.05) is 0 Å². The molecular formula is C6H19F3O12Si13. The zero-order chi connectivity index (χ0) is 27.0. The smallest absolute Gasteiger partial charge is 0.388 e. The summed E-state index contributed by atoms with van der Waals surface area (Å²) in [6, 6.07) is -0.797. The fourth-order valence-electron chi connectivity index (χ4n) is 2.07. The molecule has 0 amide bonds. The van der Waals surface area contributed by atoms with Gasteiger partial charge in [0.25, 0.3) is 0 Å². The molecule has 2 unspecified atom stereocenters. The normalized spacial score (nSPS) is 14.6. The van der Waals surface area contributed by atoms with Crippen LogP contribution in [0.5, 0.6) is 0 Å². The van der Waals surface area contributed by atoms with Crippen LogP contribution in [0.4, 0.5) is 13.2 Å². The summed E-state index contributed by atoms with van der Waals surface area (Å²) in [6.45, 7) is 2.24. The average molecular weight is 705 g/mol. The van der Waals surface area contributed by atoms with Gasteiger partial charge in [-0.2, -0.15) is 13.2 Å². The number of halogens is 3. The largest absolute Gasteiger partial charge is 0.457 e. The van der Waals surface area contributed by atoms with Crippen molar-refractivity contribution in [3.05, 3.63) is 0 Å². The summed E-state index contributed by atoms with van der Waals surface area (Å²) in [7, 11) is -40.0. The molecule has 188 valence electrons. The summed E-state index contributed by atoms with van der Waals surface area (Å²) < 4.78 is 156. The molecule has 0 spiro atoms. The standard InChI is InChI=1S/C6H19F3O12Si13/c1-20-22-25(10)28(13)30(15)32(17)31(16)29(14)27(12)24(2)21-23-26(11)33(18)34(3,19)5-4-6(7,8)9/h19,24H,4-5,22-23H2,1-3H3. The van der Waals surface area contributed by atoms with Gasteiger partial charge >= 0.3 is 75.6 Å². The highest BCUT2D eigenvalue weighted by atomic mass is 30.0. The molecule has 0 aromatic heterocycles. The van der Waals surface area contributed by atoms with Gasteiger partial charge in [-0.25, -0.2) is 0 Å². The van der Waals surface area contributed by atoms with Gasteiger partial charge in [0, 0.05) is 13.5 Å². The number of hydrogen-bond donors (Lipinski definition) is 1. The fourth-order valence-corrected chi connectivity index (χ4v) is 124. The van der Waals surface area contributed by atoms with E-state index < -0.39 is 123 Å². The van der Waals surface area contributed by atoms with Crippen LogP contribution in [-0.4, -0.2) is 123 Å². The molecule has 0 aromatic rings. The second-order valence-electron chi connectivity index (χ2n) is 6.96. The van der Waals surface area contributed by atoms with Crippen molar-refractivity contribution >= 4 is 104 Å². The Morgan fingerprint density at radius 2 is 1.32 bits per heavy atom. The van der Waals surface area contributed by atoms with Gasteiger partial charge in [0.15, 0.2) is 0 Å². The number of rotatable bonds is 16. The van der Waals surface area contributed by atoms with Gasteiger partial charge in [-0.3, -0.25) is 0 Å². The van der Waals surface area contributed by atoms with Gasteiger partial charge < -0.3 is 53.5 Å². The highest BCUT2D eigenvalue weighted by molar-refractivity contribution is 7.74. The molecule has 0 aromatic carbocycles. The molecule has 28 heteroatoms. The van der Waals surface area contributed by atoms with Crippen molar-refractivity contribution < 1.29 is 66.7 Å². The maximum absolute atomic E-state index is 12.4. The summed E-state index contributed by atoms with van der Waals surface area (Å²) in [5.41, 5.74) is 0. The highest BCUT2D eigenvalue weighted by Gasteiger charge is 2.49. The Kier molecular flexibility index (Phi) is 15.5. The summed E-state index contributed by atoms with van der Waals surface area (Å²) in [5.74, 6) is 0. The Hall–Kier alpha value is 0.689. The van der Waals surface area contributed by atoms with E-state index in [-0.39, 0.29) is 0 Å². The summed E-state index contributed by atoms with van der Waals surface area (Å²) >= 11 is 0. The van der Waals surface area contributed by atoms with Crippen LogP contribution < -0.4 is 0 Å². The van der Waals surface area contributed by atoms with E-state index in [1.54, 1.807) is 0 Å². The van der Waals surface area contributed by atoms with E-state index in [4.69, 9.17) is 4.12 Å². The average Bonchev–Trinajstić information content (AvgIpc) is 2.76. The molecular weight excluding hydrogens is 686 g/mol. The molecule has 0 rings (SSSR count). The first-order valence-corrected chi connectivity index (χ1v) is 41.7. The van der Waals surface area contributed by atoms with Crippen LogP contribution in [0.15, 0.2) is 0 Å². The van der Waals surface area contributed by atoms with Crippen molar-refractivity contribution in [3.63, 3.8) is 0 Å². The topological polar surface area (TPSA) is 192 Å².